The van der Waals surface area contributed by atoms with Crippen LogP contribution in [0.4, 0.5) is 0 Å². The minimum atomic E-state index is -0.552. The first kappa shape index (κ1) is 18.3. The van der Waals surface area contributed by atoms with Crippen LogP contribution in [0.1, 0.15) is 10.4 Å². The first-order valence-electron chi connectivity index (χ1n) is 8.11. The Bertz CT molecular complexity index is 992. The predicted octanol–water partition coefficient (Wildman–Crippen LogP) is 3.04. The van der Waals surface area contributed by atoms with Gasteiger partial charge in [-0.3, -0.25) is 4.79 Å². The number of ether oxygens (including phenoxy) is 4. The average molecular weight is 368 g/mol. The fraction of sp³-hybridized carbons (Fsp3) is 0.200. The summed E-state index contributed by atoms with van der Waals surface area (Å²) >= 11 is 0. The zero-order chi connectivity index (χ0) is 19.6. The second-order valence-corrected chi connectivity index (χ2v) is 5.72. The van der Waals surface area contributed by atoms with Crippen molar-refractivity contribution >= 4 is 16.8 Å². The van der Waals surface area contributed by atoms with Gasteiger partial charge in [0.25, 0.3) is 0 Å². The highest BCUT2D eigenvalue weighted by Gasteiger charge is 2.17. The van der Waals surface area contributed by atoms with Crippen molar-refractivity contribution in [2.75, 3.05) is 28.4 Å². The lowest BCUT2D eigenvalue weighted by molar-refractivity contribution is 0.100. The zero-order valence-electron chi connectivity index (χ0n) is 15.5. The van der Waals surface area contributed by atoms with Crippen LogP contribution in [0, 0.1) is 0 Å². The van der Waals surface area contributed by atoms with Gasteiger partial charge in [-0.1, -0.05) is 0 Å². The molecule has 0 unspecified atom stereocenters. The van der Waals surface area contributed by atoms with Gasteiger partial charge in [-0.15, -0.1) is 0 Å². The van der Waals surface area contributed by atoms with Gasteiger partial charge in [0.05, 0.1) is 45.2 Å². The number of primary amides is 1. The standard InChI is InChI=1S/C20H20N2O5/c1-24-12-5-6-15-13(9-12)14(20(21)23)10-16(22-15)11-7-17(25-2)19(27-4)18(8-11)26-3/h5-10H,1-4H3,(H2,21,23). The van der Waals surface area contributed by atoms with Gasteiger partial charge in [0.15, 0.2) is 11.5 Å². The van der Waals surface area contributed by atoms with E-state index in [4.69, 9.17) is 24.7 Å². The molecule has 0 saturated carbocycles. The first-order valence-corrected chi connectivity index (χ1v) is 8.11. The van der Waals surface area contributed by atoms with Crippen LogP contribution in [-0.4, -0.2) is 39.3 Å². The average Bonchev–Trinajstić information content (AvgIpc) is 2.70. The Morgan fingerprint density at radius 3 is 2.07 bits per heavy atom. The Hall–Kier alpha value is -3.48. The number of amides is 1. The van der Waals surface area contributed by atoms with Gasteiger partial charge in [-0.2, -0.15) is 0 Å². The van der Waals surface area contributed by atoms with Crippen LogP contribution >= 0.6 is 0 Å². The van der Waals surface area contributed by atoms with Crippen molar-refractivity contribution in [1.82, 2.24) is 4.98 Å². The molecule has 0 bridgehead atoms. The molecule has 0 aliphatic rings. The molecule has 0 fully saturated rings. The Balaban J connectivity index is 2.27. The minimum absolute atomic E-state index is 0.350. The second-order valence-electron chi connectivity index (χ2n) is 5.72. The molecule has 3 aromatic rings. The lowest BCUT2D eigenvalue weighted by Crippen LogP contribution is -2.12. The van der Waals surface area contributed by atoms with E-state index >= 15 is 0 Å². The molecule has 2 N–H and O–H groups in total. The van der Waals surface area contributed by atoms with E-state index in [0.717, 1.165) is 0 Å². The van der Waals surface area contributed by atoms with E-state index in [-0.39, 0.29) is 0 Å². The maximum absolute atomic E-state index is 12.0. The summed E-state index contributed by atoms with van der Waals surface area (Å²) in [4.78, 5) is 16.7. The Morgan fingerprint density at radius 1 is 0.889 bits per heavy atom. The van der Waals surface area contributed by atoms with E-state index in [0.29, 0.717) is 50.7 Å². The van der Waals surface area contributed by atoms with Crippen LogP contribution in [0.3, 0.4) is 0 Å². The number of pyridine rings is 1. The van der Waals surface area contributed by atoms with Gasteiger partial charge < -0.3 is 24.7 Å². The maximum atomic E-state index is 12.0. The van der Waals surface area contributed by atoms with Gasteiger partial charge >= 0.3 is 0 Å². The summed E-state index contributed by atoms with van der Waals surface area (Å²) in [6.45, 7) is 0. The number of hydrogen-bond donors (Lipinski definition) is 1. The summed E-state index contributed by atoms with van der Waals surface area (Å²) in [6, 6.07) is 10.5. The quantitative estimate of drug-likeness (QED) is 0.719. The zero-order valence-corrected chi connectivity index (χ0v) is 15.5. The lowest BCUT2D eigenvalue weighted by Gasteiger charge is -2.15. The normalized spacial score (nSPS) is 10.5. The number of carbonyl (C=O) groups excluding carboxylic acids is 1. The maximum Gasteiger partial charge on any atom is 0.249 e. The van der Waals surface area contributed by atoms with Gasteiger partial charge in [0, 0.05) is 10.9 Å². The smallest absolute Gasteiger partial charge is 0.249 e. The van der Waals surface area contributed by atoms with E-state index in [9.17, 15) is 4.79 Å². The number of hydrogen-bond acceptors (Lipinski definition) is 6. The monoisotopic (exact) mass is 368 g/mol. The van der Waals surface area contributed by atoms with Crippen LogP contribution in [-0.2, 0) is 0 Å². The van der Waals surface area contributed by atoms with E-state index in [1.165, 1.54) is 21.3 Å². The SMILES string of the molecule is COc1ccc2nc(-c3cc(OC)c(OC)c(OC)c3)cc(C(N)=O)c2c1. The number of methoxy groups -OCH3 is 4. The summed E-state index contributed by atoms with van der Waals surface area (Å²) in [5.74, 6) is 1.52. The van der Waals surface area contributed by atoms with Gasteiger partial charge in [0.2, 0.25) is 11.7 Å². The van der Waals surface area contributed by atoms with Crippen LogP contribution in [0.15, 0.2) is 36.4 Å². The molecule has 7 nitrogen and oxygen atoms in total. The molecule has 0 aliphatic heterocycles. The predicted molar refractivity (Wildman–Crippen MR) is 102 cm³/mol. The largest absolute Gasteiger partial charge is 0.497 e. The van der Waals surface area contributed by atoms with E-state index in [1.807, 2.05) is 0 Å². The minimum Gasteiger partial charge on any atom is -0.497 e. The number of benzene rings is 2. The molecule has 0 aliphatic carbocycles. The third-order valence-corrected chi connectivity index (χ3v) is 4.24. The molecule has 3 rings (SSSR count). The van der Waals surface area contributed by atoms with Crippen LogP contribution < -0.4 is 24.7 Å². The number of nitrogens with zero attached hydrogens (tertiary/aromatic N) is 1. The molecule has 0 atom stereocenters. The van der Waals surface area contributed by atoms with Crippen molar-refractivity contribution in [2.45, 2.75) is 0 Å². The van der Waals surface area contributed by atoms with Crippen molar-refractivity contribution in [2.24, 2.45) is 5.73 Å². The number of carbonyl (C=O) groups is 1. The fourth-order valence-corrected chi connectivity index (χ4v) is 2.91. The van der Waals surface area contributed by atoms with E-state index in [2.05, 4.69) is 4.98 Å². The third kappa shape index (κ3) is 3.31. The van der Waals surface area contributed by atoms with E-state index < -0.39 is 5.91 Å². The molecular weight excluding hydrogens is 348 g/mol. The molecule has 1 amide bonds. The molecule has 27 heavy (non-hydrogen) atoms. The number of nitrogens with two attached hydrogens (primary N) is 1. The topological polar surface area (TPSA) is 92.9 Å². The number of rotatable bonds is 6. The number of fused-ring (bicyclic) bond motifs is 1. The first-order chi connectivity index (χ1) is 13.0. The van der Waals surface area contributed by atoms with Crippen molar-refractivity contribution in [3.05, 3.63) is 42.0 Å². The highest BCUT2D eigenvalue weighted by Crippen LogP contribution is 2.41. The highest BCUT2D eigenvalue weighted by molar-refractivity contribution is 6.06. The summed E-state index contributed by atoms with van der Waals surface area (Å²) in [5.41, 5.74) is 7.83. The second kappa shape index (κ2) is 7.41. The number of aromatic nitrogens is 1. The third-order valence-electron chi connectivity index (χ3n) is 4.24. The Labute approximate surface area is 156 Å². The molecule has 1 heterocycles. The molecule has 0 radical (unpaired) electrons. The Kier molecular flexibility index (Phi) is 5.03. The lowest BCUT2D eigenvalue weighted by atomic mass is 10.0. The summed E-state index contributed by atoms with van der Waals surface area (Å²) in [7, 11) is 6.17. The van der Waals surface area contributed by atoms with Gasteiger partial charge in [-0.05, 0) is 36.4 Å². The summed E-state index contributed by atoms with van der Waals surface area (Å²) in [5, 5.41) is 0.623. The molecule has 140 valence electrons. The molecule has 0 spiro atoms. The van der Waals surface area contributed by atoms with Crippen LogP contribution in [0.5, 0.6) is 23.0 Å². The van der Waals surface area contributed by atoms with E-state index in [1.54, 1.807) is 43.5 Å². The van der Waals surface area contributed by atoms with Crippen molar-refractivity contribution < 1.29 is 23.7 Å². The van der Waals surface area contributed by atoms with Crippen LogP contribution in [0.25, 0.3) is 22.2 Å². The Morgan fingerprint density at radius 2 is 1.56 bits per heavy atom. The summed E-state index contributed by atoms with van der Waals surface area (Å²) in [6.07, 6.45) is 0. The van der Waals surface area contributed by atoms with Crippen LogP contribution in [0.2, 0.25) is 0 Å². The van der Waals surface area contributed by atoms with Crippen molar-refractivity contribution in [3.63, 3.8) is 0 Å². The van der Waals surface area contributed by atoms with Gasteiger partial charge in [-0.25, -0.2) is 4.98 Å². The fourth-order valence-electron chi connectivity index (χ4n) is 2.91. The molecular formula is C20H20N2O5. The molecule has 7 heteroatoms. The van der Waals surface area contributed by atoms with Crippen molar-refractivity contribution in [3.8, 4) is 34.3 Å². The molecule has 1 aromatic heterocycles. The molecule has 2 aromatic carbocycles. The highest BCUT2D eigenvalue weighted by atomic mass is 16.5. The summed E-state index contributed by atoms with van der Waals surface area (Å²) < 4.78 is 21.4. The van der Waals surface area contributed by atoms with Gasteiger partial charge in [0.1, 0.15) is 5.75 Å². The van der Waals surface area contributed by atoms with Crippen molar-refractivity contribution in [1.29, 1.82) is 0 Å². The molecule has 0 saturated heterocycles.